The third-order valence-corrected chi connectivity index (χ3v) is 3.24. The average molecular weight is 229 g/mol. The summed E-state index contributed by atoms with van der Waals surface area (Å²) in [7, 11) is 0. The van der Waals surface area contributed by atoms with Gasteiger partial charge in [-0.05, 0) is 5.92 Å². The Balaban J connectivity index is 2.78. The van der Waals surface area contributed by atoms with E-state index >= 15 is 0 Å². The summed E-state index contributed by atoms with van der Waals surface area (Å²) < 4.78 is 0. The van der Waals surface area contributed by atoms with Crippen LogP contribution in [0.3, 0.4) is 0 Å². The highest BCUT2D eigenvalue weighted by atomic mass is 16.4. The van der Waals surface area contributed by atoms with Gasteiger partial charge in [0.1, 0.15) is 6.04 Å². The summed E-state index contributed by atoms with van der Waals surface area (Å²) >= 11 is 0. The lowest BCUT2D eigenvalue weighted by Gasteiger charge is -2.26. The quantitative estimate of drug-likeness (QED) is 0.730. The van der Waals surface area contributed by atoms with Crippen molar-refractivity contribution in [3.05, 3.63) is 0 Å². The van der Waals surface area contributed by atoms with Crippen molar-refractivity contribution < 1.29 is 19.8 Å². The Labute approximate surface area is 95.1 Å². The Morgan fingerprint density at radius 3 is 2.31 bits per heavy atom. The minimum Gasteiger partial charge on any atom is -0.480 e. The van der Waals surface area contributed by atoms with Crippen LogP contribution in [-0.4, -0.2) is 45.7 Å². The number of rotatable bonds is 3. The first-order chi connectivity index (χ1) is 7.34. The zero-order chi connectivity index (χ0) is 12.5. The second-order valence-corrected chi connectivity index (χ2v) is 4.77. The van der Waals surface area contributed by atoms with Crippen molar-refractivity contribution in [1.29, 1.82) is 0 Å². The number of aliphatic hydroxyl groups is 1. The number of hydrogen-bond donors (Lipinski definition) is 2. The molecule has 0 spiro atoms. The number of carboxylic acids is 1. The van der Waals surface area contributed by atoms with Crippen molar-refractivity contribution in [3.63, 3.8) is 0 Å². The van der Waals surface area contributed by atoms with Gasteiger partial charge >= 0.3 is 5.97 Å². The van der Waals surface area contributed by atoms with Crippen molar-refractivity contribution in [2.75, 3.05) is 6.54 Å². The third kappa shape index (κ3) is 2.52. The molecule has 3 atom stereocenters. The molecular formula is C11H19NO4. The van der Waals surface area contributed by atoms with Crippen LogP contribution in [0.25, 0.3) is 0 Å². The van der Waals surface area contributed by atoms with Crippen LogP contribution in [0, 0.1) is 11.8 Å². The molecule has 0 bridgehead atoms. The molecular weight excluding hydrogens is 210 g/mol. The highest BCUT2D eigenvalue weighted by Gasteiger charge is 2.40. The molecule has 0 aromatic carbocycles. The molecule has 0 saturated carbocycles. The molecule has 1 saturated heterocycles. The van der Waals surface area contributed by atoms with Crippen molar-refractivity contribution in [2.24, 2.45) is 11.8 Å². The summed E-state index contributed by atoms with van der Waals surface area (Å²) in [4.78, 5) is 24.2. The molecule has 16 heavy (non-hydrogen) atoms. The first kappa shape index (κ1) is 13.0. The zero-order valence-electron chi connectivity index (χ0n) is 9.88. The van der Waals surface area contributed by atoms with E-state index in [-0.39, 0.29) is 30.7 Å². The van der Waals surface area contributed by atoms with Crippen LogP contribution in [0.1, 0.15) is 27.2 Å². The molecule has 1 amide bonds. The normalized spacial score (nSPS) is 27.2. The van der Waals surface area contributed by atoms with Crippen LogP contribution in [-0.2, 0) is 9.59 Å². The second kappa shape index (κ2) is 4.82. The summed E-state index contributed by atoms with van der Waals surface area (Å²) in [5, 5.41) is 18.4. The smallest absolute Gasteiger partial charge is 0.326 e. The van der Waals surface area contributed by atoms with Crippen LogP contribution in [0.5, 0.6) is 0 Å². The Morgan fingerprint density at radius 1 is 1.31 bits per heavy atom. The van der Waals surface area contributed by atoms with E-state index < -0.39 is 18.1 Å². The molecule has 1 heterocycles. The molecule has 1 aliphatic heterocycles. The highest BCUT2D eigenvalue weighted by Crippen LogP contribution is 2.23. The molecule has 1 aliphatic rings. The van der Waals surface area contributed by atoms with Crippen molar-refractivity contribution in [1.82, 2.24) is 4.90 Å². The van der Waals surface area contributed by atoms with Crippen LogP contribution in [0.2, 0.25) is 0 Å². The number of hydrogen-bond acceptors (Lipinski definition) is 3. The van der Waals surface area contributed by atoms with Gasteiger partial charge in [-0.1, -0.05) is 20.8 Å². The second-order valence-electron chi connectivity index (χ2n) is 4.77. The van der Waals surface area contributed by atoms with Crippen LogP contribution in [0.15, 0.2) is 0 Å². The van der Waals surface area contributed by atoms with Gasteiger partial charge in [0.2, 0.25) is 5.91 Å². The number of nitrogens with zero attached hydrogens (tertiary/aromatic N) is 1. The Kier molecular flexibility index (Phi) is 3.91. The fourth-order valence-electron chi connectivity index (χ4n) is 1.84. The van der Waals surface area contributed by atoms with E-state index in [1.165, 1.54) is 4.90 Å². The third-order valence-electron chi connectivity index (χ3n) is 3.24. The lowest BCUT2D eigenvalue weighted by atomic mass is 9.96. The predicted octanol–water partition coefficient (Wildman–Crippen LogP) is 0.325. The lowest BCUT2D eigenvalue weighted by molar-refractivity contribution is -0.150. The fraction of sp³-hybridized carbons (Fsp3) is 0.818. The molecule has 0 radical (unpaired) electrons. The number of aliphatic hydroxyl groups excluding tert-OH is 1. The van der Waals surface area contributed by atoms with Gasteiger partial charge in [0.25, 0.3) is 0 Å². The molecule has 0 aromatic heterocycles. The van der Waals surface area contributed by atoms with Gasteiger partial charge in [0.05, 0.1) is 6.10 Å². The van der Waals surface area contributed by atoms with Gasteiger partial charge < -0.3 is 15.1 Å². The number of aliphatic carboxylic acids is 1. The minimum absolute atomic E-state index is 0.131. The van der Waals surface area contributed by atoms with E-state index in [4.69, 9.17) is 5.11 Å². The van der Waals surface area contributed by atoms with Crippen LogP contribution in [0.4, 0.5) is 0 Å². The Bertz CT molecular complexity index is 290. The van der Waals surface area contributed by atoms with Gasteiger partial charge in [0, 0.05) is 18.9 Å². The maximum atomic E-state index is 12.0. The number of β-amino-alcohol motifs (C(OH)–C–C–N with tert-alkyl or cyclic N) is 1. The van der Waals surface area contributed by atoms with E-state index in [1.54, 1.807) is 6.92 Å². The summed E-state index contributed by atoms with van der Waals surface area (Å²) in [6.07, 6.45) is -0.587. The largest absolute Gasteiger partial charge is 0.480 e. The Hall–Kier alpha value is -1.10. The van der Waals surface area contributed by atoms with Crippen LogP contribution < -0.4 is 0 Å². The van der Waals surface area contributed by atoms with Gasteiger partial charge in [-0.3, -0.25) is 4.79 Å². The molecule has 5 heteroatoms. The average Bonchev–Trinajstić information content (AvgIpc) is 2.58. The topological polar surface area (TPSA) is 77.8 Å². The first-order valence-corrected chi connectivity index (χ1v) is 5.56. The minimum atomic E-state index is -1.04. The predicted molar refractivity (Wildman–Crippen MR) is 57.8 cm³/mol. The summed E-state index contributed by atoms with van der Waals surface area (Å²) in [6.45, 7) is 5.76. The van der Waals surface area contributed by atoms with Crippen molar-refractivity contribution >= 4 is 11.9 Å². The molecule has 0 aromatic rings. The molecule has 92 valence electrons. The summed E-state index contributed by atoms with van der Waals surface area (Å²) in [6, 6.07) is -0.872. The van der Waals surface area contributed by atoms with E-state index in [2.05, 4.69) is 0 Å². The molecule has 1 fully saturated rings. The molecule has 5 nitrogen and oxygen atoms in total. The van der Waals surface area contributed by atoms with Crippen molar-refractivity contribution in [3.8, 4) is 0 Å². The monoisotopic (exact) mass is 229 g/mol. The summed E-state index contributed by atoms with van der Waals surface area (Å²) in [5.41, 5.74) is 0. The number of likely N-dealkylation sites (tertiary alicyclic amines) is 1. The van der Waals surface area contributed by atoms with E-state index in [1.807, 2.05) is 13.8 Å². The van der Waals surface area contributed by atoms with Gasteiger partial charge in [-0.25, -0.2) is 4.79 Å². The molecule has 1 rings (SSSR count). The van der Waals surface area contributed by atoms with Gasteiger partial charge in [-0.2, -0.15) is 0 Å². The number of carboxylic acid groups (broad SMARTS) is 1. The van der Waals surface area contributed by atoms with Gasteiger partial charge in [0.15, 0.2) is 0 Å². The summed E-state index contributed by atoms with van der Waals surface area (Å²) in [5.74, 6) is -1.27. The van der Waals surface area contributed by atoms with Gasteiger partial charge in [-0.15, -0.1) is 0 Å². The molecule has 1 unspecified atom stereocenters. The highest BCUT2D eigenvalue weighted by molar-refractivity contribution is 5.85. The van der Waals surface area contributed by atoms with E-state index in [9.17, 15) is 14.7 Å². The maximum Gasteiger partial charge on any atom is 0.326 e. The SMILES string of the molecule is CC(C)C(C)C(=O)N1C[C@H](O)C[C@@H]1C(=O)O. The number of carbonyl (C=O) groups is 2. The number of amides is 1. The standard InChI is InChI=1S/C11H19NO4/c1-6(2)7(3)10(14)12-5-8(13)4-9(12)11(15)16/h6-9,13H,4-5H2,1-3H3,(H,15,16)/t7?,8-,9-/m1/s1. The maximum absolute atomic E-state index is 12.0. The van der Waals surface area contributed by atoms with Crippen molar-refractivity contribution in [2.45, 2.75) is 39.3 Å². The zero-order valence-corrected chi connectivity index (χ0v) is 9.88. The van der Waals surface area contributed by atoms with E-state index in [0.717, 1.165) is 0 Å². The fourth-order valence-corrected chi connectivity index (χ4v) is 1.84. The number of carbonyl (C=O) groups excluding carboxylic acids is 1. The Morgan fingerprint density at radius 2 is 1.88 bits per heavy atom. The van der Waals surface area contributed by atoms with Crippen LogP contribution >= 0.6 is 0 Å². The lowest BCUT2D eigenvalue weighted by Crippen LogP contribution is -2.44. The van der Waals surface area contributed by atoms with E-state index in [0.29, 0.717) is 0 Å². The first-order valence-electron chi connectivity index (χ1n) is 5.56. The molecule has 2 N–H and O–H groups in total. The molecule has 0 aliphatic carbocycles.